The number of halogens is 4. The van der Waals surface area contributed by atoms with Crippen LogP contribution in [0.5, 0.6) is 5.75 Å². The van der Waals surface area contributed by atoms with E-state index >= 15 is 0 Å². The molecule has 0 unspecified atom stereocenters. The first-order valence-electron chi connectivity index (χ1n) is 9.79. The van der Waals surface area contributed by atoms with E-state index in [0.717, 1.165) is 32.1 Å². The van der Waals surface area contributed by atoms with Gasteiger partial charge in [-0.05, 0) is 19.1 Å². The quantitative estimate of drug-likeness (QED) is 0.339. The molecule has 0 bridgehead atoms. The Morgan fingerprint density at radius 3 is 2.42 bits per heavy atom. The van der Waals surface area contributed by atoms with Crippen LogP contribution in [0.1, 0.15) is 12.5 Å². The molecular weight excluding hydrogens is 524 g/mol. The fraction of sp³-hybridized carbons (Fsp3) is 0.450. The Morgan fingerprint density at radius 2 is 1.77 bits per heavy atom. The van der Waals surface area contributed by atoms with Crippen molar-refractivity contribution in [3.05, 3.63) is 48.3 Å². The van der Waals surface area contributed by atoms with Gasteiger partial charge >= 0.3 is 6.18 Å². The molecule has 0 aliphatic carbocycles. The fourth-order valence-electron chi connectivity index (χ4n) is 3.09. The maximum atomic E-state index is 12.5. The fourth-order valence-corrected chi connectivity index (χ4v) is 3.09. The lowest BCUT2D eigenvalue weighted by Gasteiger charge is -2.36. The molecule has 0 amide bonds. The zero-order valence-electron chi connectivity index (χ0n) is 17.2. The molecule has 1 aliphatic rings. The van der Waals surface area contributed by atoms with E-state index in [0.29, 0.717) is 18.1 Å². The van der Waals surface area contributed by atoms with Crippen LogP contribution in [-0.4, -0.2) is 66.3 Å². The summed E-state index contributed by atoms with van der Waals surface area (Å²) in [5.74, 6) is 1.62. The summed E-state index contributed by atoms with van der Waals surface area (Å²) < 4.78 is 42.5. The van der Waals surface area contributed by atoms with Crippen molar-refractivity contribution in [1.82, 2.24) is 20.2 Å². The first-order chi connectivity index (χ1) is 14.5. The van der Waals surface area contributed by atoms with E-state index in [1.165, 1.54) is 6.07 Å². The minimum absolute atomic E-state index is 0. The van der Waals surface area contributed by atoms with E-state index in [9.17, 15) is 13.2 Å². The number of nitrogens with one attached hydrogen (secondary N) is 1. The molecule has 31 heavy (non-hydrogen) atoms. The van der Waals surface area contributed by atoms with Crippen molar-refractivity contribution in [3.8, 4) is 5.75 Å². The highest BCUT2D eigenvalue weighted by Gasteiger charge is 2.28. The third-order valence-electron chi connectivity index (χ3n) is 4.51. The molecule has 11 heteroatoms. The number of aromatic nitrogens is 2. The Balaban J connectivity index is 0.00000341. The predicted molar refractivity (Wildman–Crippen MR) is 124 cm³/mol. The van der Waals surface area contributed by atoms with E-state index in [1.54, 1.807) is 36.7 Å². The molecule has 7 nitrogen and oxygen atoms in total. The highest BCUT2D eigenvalue weighted by atomic mass is 127. The smallest absolute Gasteiger partial charge is 0.422 e. The van der Waals surface area contributed by atoms with Gasteiger partial charge in [0, 0.05) is 50.7 Å². The van der Waals surface area contributed by atoms with Crippen molar-refractivity contribution in [1.29, 1.82) is 0 Å². The van der Waals surface area contributed by atoms with Crippen molar-refractivity contribution in [2.45, 2.75) is 19.6 Å². The molecule has 1 saturated heterocycles. The molecule has 0 radical (unpaired) electrons. The standard InChI is InChI=1S/C20H25F3N6O.HI/c1-2-24-18(28-10-12-29(13-11-28)19-25-8-5-9-26-19)27-14-16-6-3-4-7-17(16)30-15-20(21,22)23;/h3-9H,2,10-15H2,1H3,(H,24,27);1H. The van der Waals surface area contributed by atoms with Crippen LogP contribution in [-0.2, 0) is 6.54 Å². The van der Waals surface area contributed by atoms with E-state index in [1.807, 2.05) is 6.92 Å². The van der Waals surface area contributed by atoms with Gasteiger partial charge in [-0.15, -0.1) is 24.0 Å². The minimum Gasteiger partial charge on any atom is -0.484 e. The first-order valence-corrected chi connectivity index (χ1v) is 9.79. The van der Waals surface area contributed by atoms with Gasteiger partial charge in [-0.2, -0.15) is 13.2 Å². The van der Waals surface area contributed by atoms with Crippen LogP contribution in [0.2, 0.25) is 0 Å². The monoisotopic (exact) mass is 550 g/mol. The van der Waals surface area contributed by atoms with Gasteiger partial charge in [-0.3, -0.25) is 0 Å². The van der Waals surface area contributed by atoms with Crippen LogP contribution in [0.15, 0.2) is 47.7 Å². The predicted octanol–water partition coefficient (Wildman–Crippen LogP) is 3.32. The average molecular weight is 550 g/mol. The third kappa shape index (κ3) is 7.71. The zero-order chi connectivity index (χ0) is 21.4. The summed E-state index contributed by atoms with van der Waals surface area (Å²) in [7, 11) is 0. The molecule has 1 fully saturated rings. The highest BCUT2D eigenvalue weighted by molar-refractivity contribution is 14.0. The number of hydrogen-bond acceptors (Lipinski definition) is 5. The zero-order valence-corrected chi connectivity index (χ0v) is 19.5. The molecule has 1 N–H and O–H groups in total. The van der Waals surface area contributed by atoms with Crippen LogP contribution in [0.4, 0.5) is 19.1 Å². The SMILES string of the molecule is CCNC(=NCc1ccccc1OCC(F)(F)F)N1CCN(c2ncccn2)CC1.I. The summed E-state index contributed by atoms with van der Waals surface area (Å²) in [5.41, 5.74) is 0.605. The van der Waals surface area contributed by atoms with Gasteiger partial charge in [0.05, 0.1) is 6.54 Å². The largest absolute Gasteiger partial charge is 0.484 e. The Morgan fingerprint density at radius 1 is 1.10 bits per heavy atom. The maximum absolute atomic E-state index is 12.5. The molecule has 2 heterocycles. The molecule has 0 spiro atoms. The Labute approximate surface area is 196 Å². The van der Waals surface area contributed by atoms with Crippen molar-refractivity contribution >= 4 is 35.9 Å². The van der Waals surface area contributed by atoms with Gasteiger partial charge in [0.2, 0.25) is 5.95 Å². The maximum Gasteiger partial charge on any atom is 0.422 e. The Bertz CT molecular complexity index is 829. The molecular formula is C20H26F3IN6O. The van der Waals surface area contributed by atoms with Crippen LogP contribution in [0.25, 0.3) is 0 Å². The van der Waals surface area contributed by atoms with E-state index in [-0.39, 0.29) is 36.3 Å². The number of piperazine rings is 1. The number of hydrogen-bond donors (Lipinski definition) is 1. The number of guanidine groups is 1. The van der Waals surface area contributed by atoms with Gasteiger partial charge in [0.25, 0.3) is 0 Å². The second kappa shape index (κ2) is 11.9. The molecule has 1 aromatic carbocycles. The number of nitrogens with zero attached hydrogens (tertiary/aromatic N) is 5. The van der Waals surface area contributed by atoms with Crippen LogP contribution >= 0.6 is 24.0 Å². The van der Waals surface area contributed by atoms with E-state index in [4.69, 9.17) is 4.74 Å². The van der Waals surface area contributed by atoms with Gasteiger partial charge in [0.1, 0.15) is 5.75 Å². The molecule has 1 aliphatic heterocycles. The minimum atomic E-state index is -4.38. The summed E-state index contributed by atoms with van der Waals surface area (Å²) >= 11 is 0. The summed E-state index contributed by atoms with van der Waals surface area (Å²) in [6.07, 6.45) is -0.940. The number of benzene rings is 1. The Hall–Kier alpha value is -2.31. The second-order valence-corrected chi connectivity index (χ2v) is 6.70. The lowest BCUT2D eigenvalue weighted by molar-refractivity contribution is -0.153. The Kier molecular flexibility index (Phi) is 9.59. The van der Waals surface area contributed by atoms with Crippen molar-refractivity contribution < 1.29 is 17.9 Å². The van der Waals surface area contributed by atoms with Gasteiger partial charge in [0.15, 0.2) is 12.6 Å². The number of ether oxygens (including phenoxy) is 1. The number of alkyl halides is 3. The summed E-state index contributed by atoms with van der Waals surface area (Å²) in [6, 6.07) is 8.45. The van der Waals surface area contributed by atoms with Crippen molar-refractivity contribution in [2.24, 2.45) is 4.99 Å². The number of rotatable bonds is 6. The van der Waals surface area contributed by atoms with Gasteiger partial charge < -0.3 is 19.9 Å². The number of anilines is 1. The molecule has 2 aromatic rings. The van der Waals surface area contributed by atoms with Crippen LogP contribution in [0.3, 0.4) is 0 Å². The molecule has 0 atom stereocenters. The topological polar surface area (TPSA) is 65.9 Å². The molecule has 0 saturated carbocycles. The molecule has 3 rings (SSSR count). The van der Waals surface area contributed by atoms with E-state index < -0.39 is 12.8 Å². The normalized spacial score (nSPS) is 14.8. The van der Waals surface area contributed by atoms with Crippen molar-refractivity contribution in [3.63, 3.8) is 0 Å². The second-order valence-electron chi connectivity index (χ2n) is 6.70. The average Bonchev–Trinajstić information content (AvgIpc) is 2.76. The van der Waals surface area contributed by atoms with E-state index in [2.05, 4.69) is 30.1 Å². The summed E-state index contributed by atoms with van der Waals surface area (Å²) in [6.45, 7) is 4.53. The molecule has 1 aromatic heterocycles. The summed E-state index contributed by atoms with van der Waals surface area (Å²) in [5, 5.41) is 3.26. The van der Waals surface area contributed by atoms with Gasteiger partial charge in [-0.1, -0.05) is 18.2 Å². The van der Waals surface area contributed by atoms with Gasteiger partial charge in [-0.25, -0.2) is 15.0 Å². The number of para-hydroxylation sites is 1. The highest BCUT2D eigenvalue weighted by Crippen LogP contribution is 2.23. The van der Waals surface area contributed by atoms with Crippen LogP contribution < -0.4 is 15.0 Å². The molecule has 170 valence electrons. The lowest BCUT2D eigenvalue weighted by Crippen LogP contribution is -2.52. The lowest BCUT2D eigenvalue weighted by atomic mass is 10.2. The van der Waals surface area contributed by atoms with Crippen LogP contribution in [0, 0.1) is 0 Å². The summed E-state index contributed by atoms with van der Waals surface area (Å²) in [4.78, 5) is 17.4. The number of aliphatic imine (C=N–C) groups is 1. The van der Waals surface area contributed by atoms with Crippen molar-refractivity contribution in [2.75, 3.05) is 44.2 Å². The third-order valence-corrected chi connectivity index (χ3v) is 4.51. The first kappa shape index (κ1) is 25.0.